The number of aromatic nitrogens is 1. The van der Waals surface area contributed by atoms with Crippen LogP contribution in [-0.4, -0.2) is 15.8 Å². The summed E-state index contributed by atoms with van der Waals surface area (Å²) < 4.78 is 1.91. The monoisotopic (exact) mass is 306 g/mol. The summed E-state index contributed by atoms with van der Waals surface area (Å²) in [5, 5.41) is 10.8. The fourth-order valence-electron chi connectivity index (χ4n) is 2.61. The Morgan fingerprint density at radius 1 is 0.870 bits per heavy atom. The third-order valence-corrected chi connectivity index (χ3v) is 3.68. The number of carbonyl (C=O) groups excluding carboxylic acids is 1. The summed E-state index contributed by atoms with van der Waals surface area (Å²) in [7, 11) is 0. The van der Waals surface area contributed by atoms with Crippen LogP contribution in [-0.2, 0) is 11.3 Å². The fraction of sp³-hybridized carbons (Fsp3) is 0.0556. The highest BCUT2D eigenvalue weighted by molar-refractivity contribution is 5.72. The van der Waals surface area contributed by atoms with Gasteiger partial charge in [0.05, 0.1) is 11.5 Å². The van der Waals surface area contributed by atoms with Crippen LogP contribution >= 0.6 is 0 Å². The molecule has 0 unspecified atom stereocenters. The molecule has 3 aromatic rings. The molecule has 23 heavy (non-hydrogen) atoms. The standard InChI is InChI=1S/C18H14N2O3/c21-13-12-19-17(14-4-2-1-3-5-14)10-11-18(19)15-6-8-16(9-7-15)20(22)23/h1-11,13H,12H2. The Balaban J connectivity index is 2.07. The number of hydrogen-bond acceptors (Lipinski definition) is 3. The van der Waals surface area contributed by atoms with Crippen LogP contribution in [0.25, 0.3) is 22.5 Å². The van der Waals surface area contributed by atoms with E-state index in [2.05, 4.69) is 0 Å². The van der Waals surface area contributed by atoms with E-state index in [0.29, 0.717) is 0 Å². The Morgan fingerprint density at radius 2 is 1.43 bits per heavy atom. The van der Waals surface area contributed by atoms with Crippen molar-refractivity contribution in [2.24, 2.45) is 0 Å². The Morgan fingerprint density at radius 3 is 1.96 bits per heavy atom. The van der Waals surface area contributed by atoms with Crippen molar-refractivity contribution >= 4 is 12.0 Å². The molecular weight excluding hydrogens is 292 g/mol. The third kappa shape index (κ3) is 2.89. The molecule has 0 aliphatic carbocycles. The number of aldehydes is 1. The molecule has 0 fully saturated rings. The van der Waals surface area contributed by atoms with Crippen LogP contribution in [0.5, 0.6) is 0 Å². The van der Waals surface area contributed by atoms with Crippen LogP contribution in [0.2, 0.25) is 0 Å². The van der Waals surface area contributed by atoms with E-state index < -0.39 is 4.92 Å². The van der Waals surface area contributed by atoms with Crippen molar-refractivity contribution in [3.63, 3.8) is 0 Å². The quantitative estimate of drug-likeness (QED) is 0.407. The molecule has 5 nitrogen and oxygen atoms in total. The largest absolute Gasteiger partial charge is 0.333 e. The summed E-state index contributed by atoms with van der Waals surface area (Å²) in [6.07, 6.45) is 0.849. The van der Waals surface area contributed by atoms with Crippen LogP contribution in [0.15, 0.2) is 66.7 Å². The SMILES string of the molecule is O=CCn1c(-c2ccccc2)ccc1-c1ccc([N+](=O)[O-])cc1. The van der Waals surface area contributed by atoms with Gasteiger partial charge in [0.15, 0.2) is 0 Å². The molecular formula is C18H14N2O3. The van der Waals surface area contributed by atoms with Gasteiger partial charge in [0.25, 0.3) is 5.69 Å². The topological polar surface area (TPSA) is 65.1 Å². The Hall–Kier alpha value is -3.21. The molecule has 2 aromatic carbocycles. The predicted molar refractivity (Wildman–Crippen MR) is 88.0 cm³/mol. The fourth-order valence-corrected chi connectivity index (χ4v) is 2.61. The average Bonchev–Trinajstić information content (AvgIpc) is 3.00. The molecule has 5 heteroatoms. The molecule has 114 valence electrons. The lowest BCUT2D eigenvalue weighted by atomic mass is 10.1. The van der Waals surface area contributed by atoms with Crippen LogP contribution in [0.4, 0.5) is 5.69 Å². The molecule has 0 saturated carbocycles. The maximum absolute atomic E-state index is 11.1. The lowest BCUT2D eigenvalue weighted by molar-refractivity contribution is -0.384. The smallest absolute Gasteiger partial charge is 0.269 e. The second kappa shape index (κ2) is 6.27. The minimum absolute atomic E-state index is 0.0468. The van der Waals surface area contributed by atoms with Gasteiger partial charge in [-0.05, 0) is 35.4 Å². The molecule has 0 N–H and O–H groups in total. The predicted octanol–water partition coefficient (Wildman–Crippen LogP) is 3.93. The van der Waals surface area contributed by atoms with Crippen LogP contribution < -0.4 is 0 Å². The summed E-state index contributed by atoms with van der Waals surface area (Å²) in [6.45, 7) is 0.226. The van der Waals surface area contributed by atoms with Gasteiger partial charge in [-0.1, -0.05) is 30.3 Å². The van der Waals surface area contributed by atoms with E-state index in [0.717, 1.165) is 28.8 Å². The van der Waals surface area contributed by atoms with Crippen molar-refractivity contribution in [2.75, 3.05) is 0 Å². The summed E-state index contributed by atoms with van der Waals surface area (Å²) in [5.41, 5.74) is 3.68. The van der Waals surface area contributed by atoms with Crippen molar-refractivity contribution in [3.8, 4) is 22.5 Å². The van der Waals surface area contributed by atoms with E-state index in [-0.39, 0.29) is 12.2 Å². The van der Waals surface area contributed by atoms with Crippen LogP contribution in [0, 0.1) is 10.1 Å². The first-order chi connectivity index (χ1) is 11.2. The molecule has 0 amide bonds. The Labute approximate surface area is 133 Å². The second-order valence-corrected chi connectivity index (χ2v) is 5.05. The van der Waals surface area contributed by atoms with E-state index in [1.54, 1.807) is 12.1 Å². The normalized spacial score (nSPS) is 10.4. The first-order valence-electron chi connectivity index (χ1n) is 7.14. The number of hydrogen-bond donors (Lipinski definition) is 0. The number of nitro groups is 1. The zero-order chi connectivity index (χ0) is 16.2. The van der Waals surface area contributed by atoms with Gasteiger partial charge in [-0.3, -0.25) is 10.1 Å². The van der Waals surface area contributed by atoms with Gasteiger partial charge in [0.1, 0.15) is 6.29 Å². The third-order valence-electron chi connectivity index (χ3n) is 3.68. The van der Waals surface area contributed by atoms with Crippen molar-refractivity contribution in [1.29, 1.82) is 0 Å². The summed E-state index contributed by atoms with van der Waals surface area (Å²) in [4.78, 5) is 21.4. The van der Waals surface area contributed by atoms with Gasteiger partial charge in [0.2, 0.25) is 0 Å². The highest BCUT2D eigenvalue weighted by Crippen LogP contribution is 2.29. The van der Waals surface area contributed by atoms with Gasteiger partial charge in [-0.2, -0.15) is 0 Å². The number of nitro benzene ring substituents is 1. The minimum Gasteiger partial charge on any atom is -0.333 e. The van der Waals surface area contributed by atoms with E-state index in [9.17, 15) is 14.9 Å². The van der Waals surface area contributed by atoms with E-state index in [1.807, 2.05) is 47.0 Å². The first-order valence-corrected chi connectivity index (χ1v) is 7.14. The molecule has 0 atom stereocenters. The number of benzene rings is 2. The maximum atomic E-state index is 11.1. The van der Waals surface area contributed by atoms with E-state index >= 15 is 0 Å². The summed E-state index contributed by atoms with van der Waals surface area (Å²) in [5.74, 6) is 0. The van der Waals surface area contributed by atoms with Crippen LogP contribution in [0.3, 0.4) is 0 Å². The van der Waals surface area contributed by atoms with Crippen molar-refractivity contribution in [3.05, 3.63) is 76.8 Å². The van der Waals surface area contributed by atoms with Gasteiger partial charge in [-0.25, -0.2) is 0 Å². The average molecular weight is 306 g/mol. The number of non-ortho nitro benzene ring substituents is 1. The van der Waals surface area contributed by atoms with Gasteiger partial charge in [-0.15, -0.1) is 0 Å². The van der Waals surface area contributed by atoms with Gasteiger partial charge in [0, 0.05) is 23.5 Å². The molecule has 0 saturated heterocycles. The minimum atomic E-state index is -0.427. The van der Waals surface area contributed by atoms with Gasteiger partial charge >= 0.3 is 0 Å². The molecule has 0 aliphatic rings. The zero-order valence-electron chi connectivity index (χ0n) is 12.3. The number of carbonyl (C=O) groups is 1. The number of nitrogens with zero attached hydrogens (tertiary/aromatic N) is 2. The molecule has 3 rings (SSSR count). The number of rotatable bonds is 5. The van der Waals surface area contributed by atoms with Crippen LogP contribution in [0.1, 0.15) is 0 Å². The lowest BCUT2D eigenvalue weighted by Gasteiger charge is -2.11. The van der Waals surface area contributed by atoms with E-state index in [1.165, 1.54) is 12.1 Å². The molecule has 0 aliphatic heterocycles. The van der Waals surface area contributed by atoms with Crippen molar-refractivity contribution < 1.29 is 9.72 Å². The molecule has 0 radical (unpaired) electrons. The van der Waals surface area contributed by atoms with Crippen molar-refractivity contribution in [2.45, 2.75) is 6.54 Å². The zero-order valence-corrected chi connectivity index (χ0v) is 12.3. The maximum Gasteiger partial charge on any atom is 0.269 e. The van der Waals surface area contributed by atoms with E-state index in [4.69, 9.17) is 0 Å². The summed E-state index contributed by atoms with van der Waals surface area (Å²) in [6, 6.07) is 20.0. The highest BCUT2D eigenvalue weighted by atomic mass is 16.6. The van der Waals surface area contributed by atoms with Crippen molar-refractivity contribution in [1.82, 2.24) is 4.57 Å². The molecule has 0 bridgehead atoms. The first kappa shape index (κ1) is 14.7. The Kier molecular flexibility index (Phi) is 4.01. The molecule has 1 heterocycles. The highest BCUT2D eigenvalue weighted by Gasteiger charge is 2.12. The molecule has 1 aromatic heterocycles. The summed E-state index contributed by atoms with van der Waals surface area (Å²) >= 11 is 0. The Bertz CT molecular complexity index is 836. The molecule has 0 spiro atoms. The lowest BCUT2D eigenvalue weighted by Crippen LogP contribution is -2.03. The van der Waals surface area contributed by atoms with Gasteiger partial charge < -0.3 is 9.36 Å². The second-order valence-electron chi connectivity index (χ2n) is 5.05.